The molecule has 2 rings (SSSR count). The van der Waals surface area contributed by atoms with Crippen LogP contribution in [0.4, 0.5) is 5.69 Å². The first-order valence-corrected chi connectivity index (χ1v) is 5.63. The van der Waals surface area contributed by atoms with Crippen molar-refractivity contribution in [2.24, 2.45) is 0 Å². The minimum Gasteiger partial charge on any atom is -0.454 e. The Morgan fingerprint density at radius 2 is 2.18 bits per heavy atom. The molecule has 1 amide bonds. The van der Waals surface area contributed by atoms with Gasteiger partial charge in [0.1, 0.15) is 0 Å². The quantitative estimate of drug-likeness (QED) is 0.758. The summed E-state index contributed by atoms with van der Waals surface area (Å²) in [7, 11) is 1.87. The molecule has 0 fully saturated rings. The molecule has 0 spiro atoms. The van der Waals surface area contributed by atoms with Crippen LogP contribution < -0.4 is 20.1 Å². The summed E-state index contributed by atoms with van der Waals surface area (Å²) in [5.74, 6) is 1.41. The van der Waals surface area contributed by atoms with E-state index < -0.39 is 0 Å². The first-order chi connectivity index (χ1) is 8.29. The van der Waals surface area contributed by atoms with Gasteiger partial charge in [0.2, 0.25) is 12.7 Å². The summed E-state index contributed by atoms with van der Waals surface area (Å²) >= 11 is 0. The molecule has 17 heavy (non-hydrogen) atoms. The van der Waals surface area contributed by atoms with Crippen molar-refractivity contribution >= 4 is 11.6 Å². The lowest BCUT2D eigenvalue weighted by molar-refractivity contribution is -0.116. The fourth-order valence-corrected chi connectivity index (χ4v) is 1.62. The van der Waals surface area contributed by atoms with Crippen molar-refractivity contribution in [1.82, 2.24) is 5.32 Å². The van der Waals surface area contributed by atoms with Gasteiger partial charge in [-0.25, -0.2) is 0 Å². The predicted molar refractivity (Wildman–Crippen MR) is 64.4 cm³/mol. The highest BCUT2D eigenvalue weighted by molar-refractivity contribution is 5.91. The molecule has 0 aromatic heterocycles. The van der Waals surface area contributed by atoms with Gasteiger partial charge in [-0.15, -0.1) is 0 Å². The van der Waals surface area contributed by atoms with E-state index in [1.54, 1.807) is 12.1 Å². The number of rotatable bonds is 5. The number of amides is 1. The van der Waals surface area contributed by atoms with Gasteiger partial charge in [-0.3, -0.25) is 4.79 Å². The number of nitrogens with one attached hydrogen (secondary N) is 2. The normalized spacial score (nSPS) is 12.5. The highest BCUT2D eigenvalue weighted by Gasteiger charge is 2.13. The van der Waals surface area contributed by atoms with Crippen molar-refractivity contribution in [3.8, 4) is 11.5 Å². The minimum absolute atomic E-state index is 0.0131. The van der Waals surface area contributed by atoms with Crippen molar-refractivity contribution in [2.45, 2.75) is 12.8 Å². The van der Waals surface area contributed by atoms with Crippen LogP contribution in [0.1, 0.15) is 12.8 Å². The number of ether oxygens (including phenoxy) is 2. The molecular weight excluding hydrogens is 220 g/mol. The second kappa shape index (κ2) is 5.54. The first-order valence-electron chi connectivity index (χ1n) is 5.63. The number of hydrogen-bond donors (Lipinski definition) is 2. The van der Waals surface area contributed by atoms with Gasteiger partial charge in [0.15, 0.2) is 11.5 Å². The molecule has 0 atom stereocenters. The second-order valence-electron chi connectivity index (χ2n) is 3.82. The van der Waals surface area contributed by atoms with E-state index in [-0.39, 0.29) is 12.7 Å². The van der Waals surface area contributed by atoms with Crippen LogP contribution in [0.25, 0.3) is 0 Å². The molecule has 5 nitrogen and oxygen atoms in total. The third kappa shape index (κ3) is 3.10. The molecule has 1 aliphatic heterocycles. The summed E-state index contributed by atoms with van der Waals surface area (Å²) in [6.07, 6.45) is 1.34. The first kappa shape index (κ1) is 11.7. The van der Waals surface area contributed by atoms with Crippen LogP contribution in [-0.4, -0.2) is 26.3 Å². The smallest absolute Gasteiger partial charge is 0.231 e. The largest absolute Gasteiger partial charge is 0.454 e. The molecule has 0 bridgehead atoms. The van der Waals surface area contributed by atoms with Crippen LogP contribution in [0.15, 0.2) is 18.2 Å². The van der Waals surface area contributed by atoms with E-state index in [0.717, 1.165) is 24.4 Å². The zero-order valence-corrected chi connectivity index (χ0v) is 9.79. The summed E-state index contributed by atoms with van der Waals surface area (Å²) in [6, 6.07) is 5.38. The Morgan fingerprint density at radius 3 is 3.00 bits per heavy atom. The maximum absolute atomic E-state index is 11.6. The highest BCUT2D eigenvalue weighted by atomic mass is 16.7. The lowest BCUT2D eigenvalue weighted by Gasteiger charge is -2.05. The van der Waals surface area contributed by atoms with Crippen LogP contribution in [0, 0.1) is 0 Å². The Hall–Kier alpha value is -1.75. The minimum atomic E-state index is 0.0131. The van der Waals surface area contributed by atoms with Crippen LogP contribution in [0.2, 0.25) is 0 Å². The fraction of sp³-hybridized carbons (Fsp3) is 0.417. The Kier molecular flexibility index (Phi) is 3.82. The van der Waals surface area contributed by atoms with Crippen molar-refractivity contribution in [3.05, 3.63) is 18.2 Å². The molecular formula is C12H16N2O3. The predicted octanol–water partition coefficient (Wildman–Crippen LogP) is 1.35. The van der Waals surface area contributed by atoms with E-state index in [1.165, 1.54) is 0 Å². The molecule has 1 aromatic rings. The SMILES string of the molecule is CNCCCC(=O)Nc1ccc2c(c1)OCO2. The summed E-state index contributed by atoms with van der Waals surface area (Å²) in [4.78, 5) is 11.6. The van der Waals surface area contributed by atoms with Crippen molar-refractivity contribution < 1.29 is 14.3 Å². The lowest BCUT2D eigenvalue weighted by atomic mass is 10.2. The van der Waals surface area contributed by atoms with Gasteiger partial charge >= 0.3 is 0 Å². The van der Waals surface area contributed by atoms with E-state index >= 15 is 0 Å². The van der Waals surface area contributed by atoms with Gasteiger partial charge in [-0.1, -0.05) is 0 Å². The molecule has 1 aliphatic rings. The second-order valence-corrected chi connectivity index (χ2v) is 3.82. The third-order valence-electron chi connectivity index (χ3n) is 2.49. The van der Waals surface area contributed by atoms with Gasteiger partial charge in [-0.05, 0) is 32.1 Å². The Labute approximate surface area is 100 Å². The molecule has 0 saturated heterocycles. The average molecular weight is 236 g/mol. The zero-order valence-electron chi connectivity index (χ0n) is 9.79. The van der Waals surface area contributed by atoms with Gasteiger partial charge in [0, 0.05) is 18.2 Å². The summed E-state index contributed by atoms with van der Waals surface area (Å²) in [5.41, 5.74) is 0.740. The summed E-state index contributed by atoms with van der Waals surface area (Å²) in [6.45, 7) is 1.09. The zero-order chi connectivity index (χ0) is 12.1. The van der Waals surface area contributed by atoms with E-state index in [0.29, 0.717) is 12.2 Å². The van der Waals surface area contributed by atoms with Gasteiger partial charge in [-0.2, -0.15) is 0 Å². The number of anilines is 1. The fourth-order valence-electron chi connectivity index (χ4n) is 1.62. The van der Waals surface area contributed by atoms with E-state index in [2.05, 4.69) is 10.6 Å². The number of hydrogen-bond acceptors (Lipinski definition) is 4. The van der Waals surface area contributed by atoms with E-state index in [1.807, 2.05) is 13.1 Å². The van der Waals surface area contributed by atoms with E-state index in [9.17, 15) is 4.79 Å². The van der Waals surface area contributed by atoms with Gasteiger partial charge in [0.05, 0.1) is 0 Å². The molecule has 1 aromatic carbocycles. The Morgan fingerprint density at radius 1 is 1.35 bits per heavy atom. The molecule has 92 valence electrons. The van der Waals surface area contributed by atoms with Crippen LogP contribution in [0.3, 0.4) is 0 Å². The van der Waals surface area contributed by atoms with Crippen molar-refractivity contribution in [1.29, 1.82) is 0 Å². The monoisotopic (exact) mass is 236 g/mol. The Balaban J connectivity index is 1.88. The van der Waals surface area contributed by atoms with E-state index in [4.69, 9.17) is 9.47 Å². The molecule has 5 heteroatoms. The topological polar surface area (TPSA) is 59.6 Å². The standard InChI is InChI=1S/C12H16N2O3/c1-13-6-2-3-12(15)14-9-4-5-10-11(7-9)17-8-16-10/h4-5,7,13H,2-3,6,8H2,1H3,(H,14,15). The number of fused-ring (bicyclic) bond motifs is 1. The summed E-state index contributed by atoms with van der Waals surface area (Å²) in [5, 5.41) is 5.83. The van der Waals surface area contributed by atoms with Crippen molar-refractivity contribution in [2.75, 3.05) is 25.7 Å². The third-order valence-corrected chi connectivity index (χ3v) is 2.49. The molecule has 2 N–H and O–H groups in total. The van der Waals surface area contributed by atoms with Gasteiger partial charge < -0.3 is 20.1 Å². The maximum atomic E-state index is 11.6. The molecule has 0 saturated carbocycles. The number of benzene rings is 1. The molecule has 0 aliphatic carbocycles. The average Bonchev–Trinajstić information content (AvgIpc) is 2.76. The van der Waals surface area contributed by atoms with Crippen LogP contribution in [-0.2, 0) is 4.79 Å². The van der Waals surface area contributed by atoms with Gasteiger partial charge in [0.25, 0.3) is 0 Å². The molecule has 1 heterocycles. The number of carbonyl (C=O) groups is 1. The van der Waals surface area contributed by atoms with Crippen LogP contribution >= 0.6 is 0 Å². The van der Waals surface area contributed by atoms with Crippen LogP contribution in [0.5, 0.6) is 11.5 Å². The lowest BCUT2D eigenvalue weighted by Crippen LogP contribution is -2.15. The highest BCUT2D eigenvalue weighted by Crippen LogP contribution is 2.34. The number of carbonyl (C=O) groups excluding carboxylic acids is 1. The Bertz CT molecular complexity index is 407. The maximum Gasteiger partial charge on any atom is 0.231 e. The summed E-state index contributed by atoms with van der Waals surface area (Å²) < 4.78 is 10.4. The molecule has 0 radical (unpaired) electrons. The molecule has 0 unspecified atom stereocenters. The van der Waals surface area contributed by atoms with Crippen molar-refractivity contribution in [3.63, 3.8) is 0 Å².